The molecule has 27 heavy (non-hydrogen) atoms. The summed E-state index contributed by atoms with van der Waals surface area (Å²) in [6, 6.07) is 14.3. The third-order valence-electron chi connectivity index (χ3n) is 3.62. The molecule has 142 valence electrons. The number of benzene rings is 2. The number of carbonyl (C=O) groups excluding carboxylic acids is 3. The number of esters is 1. The van der Waals surface area contributed by atoms with Gasteiger partial charge in [-0.1, -0.05) is 35.9 Å². The summed E-state index contributed by atoms with van der Waals surface area (Å²) in [5, 5.41) is 4.27. The van der Waals surface area contributed by atoms with Crippen LogP contribution in [0.15, 0.2) is 53.4 Å². The van der Waals surface area contributed by atoms with Crippen molar-refractivity contribution in [3.05, 3.63) is 59.7 Å². The highest BCUT2D eigenvalue weighted by molar-refractivity contribution is 8.00. The standard InChI is InChI=1S/C20H22N2O4S/c1-13-9-10-17(14(2)11-13)21-20(25)22-18(23)12-26-19(24)15(3)27-16-7-5-4-6-8-16/h4-11,15H,12H2,1-3H3,(H2,21,22,23,25)/t15-/m1/s1. The number of thioether (sulfide) groups is 1. The molecule has 0 aliphatic rings. The molecule has 0 unspecified atom stereocenters. The lowest BCUT2D eigenvalue weighted by atomic mass is 10.1. The second kappa shape index (κ2) is 9.78. The molecule has 7 heteroatoms. The molecule has 0 spiro atoms. The molecule has 0 saturated heterocycles. The first-order valence-corrected chi connectivity index (χ1v) is 9.29. The van der Waals surface area contributed by atoms with Crippen molar-refractivity contribution in [2.45, 2.75) is 30.9 Å². The number of hydrogen-bond acceptors (Lipinski definition) is 5. The van der Waals surface area contributed by atoms with Crippen LogP contribution >= 0.6 is 11.8 Å². The summed E-state index contributed by atoms with van der Waals surface area (Å²) < 4.78 is 4.98. The van der Waals surface area contributed by atoms with Crippen molar-refractivity contribution in [2.24, 2.45) is 0 Å². The molecule has 0 saturated carbocycles. The van der Waals surface area contributed by atoms with E-state index in [4.69, 9.17) is 4.74 Å². The number of amides is 3. The Morgan fingerprint density at radius 1 is 1.07 bits per heavy atom. The van der Waals surface area contributed by atoms with E-state index in [0.29, 0.717) is 5.69 Å². The lowest BCUT2D eigenvalue weighted by molar-refractivity contribution is -0.147. The van der Waals surface area contributed by atoms with E-state index < -0.39 is 29.8 Å². The molecule has 0 aliphatic carbocycles. The second-order valence-electron chi connectivity index (χ2n) is 6.00. The summed E-state index contributed by atoms with van der Waals surface area (Å²) in [7, 11) is 0. The highest BCUT2D eigenvalue weighted by Gasteiger charge is 2.18. The van der Waals surface area contributed by atoms with E-state index in [0.717, 1.165) is 16.0 Å². The fraction of sp³-hybridized carbons (Fsp3) is 0.250. The summed E-state index contributed by atoms with van der Waals surface area (Å²) in [5.41, 5.74) is 2.57. The molecule has 2 aromatic rings. The van der Waals surface area contributed by atoms with Crippen LogP contribution in [-0.2, 0) is 14.3 Å². The number of nitrogens with one attached hydrogen (secondary N) is 2. The van der Waals surface area contributed by atoms with Gasteiger partial charge in [-0.3, -0.25) is 14.9 Å². The number of imide groups is 1. The Kier molecular flexibility index (Phi) is 7.43. The third kappa shape index (κ3) is 6.79. The number of anilines is 1. The number of carbonyl (C=O) groups is 3. The van der Waals surface area contributed by atoms with Crippen LogP contribution in [0.1, 0.15) is 18.1 Å². The Labute approximate surface area is 162 Å². The van der Waals surface area contributed by atoms with E-state index in [9.17, 15) is 14.4 Å². The lowest BCUT2D eigenvalue weighted by Gasteiger charge is -2.12. The molecule has 6 nitrogen and oxygen atoms in total. The number of ether oxygens (including phenoxy) is 1. The smallest absolute Gasteiger partial charge is 0.325 e. The quantitative estimate of drug-likeness (QED) is 0.584. The van der Waals surface area contributed by atoms with Gasteiger partial charge in [0, 0.05) is 10.6 Å². The number of rotatable bonds is 6. The zero-order chi connectivity index (χ0) is 19.8. The van der Waals surface area contributed by atoms with Crippen molar-refractivity contribution in [3.63, 3.8) is 0 Å². The van der Waals surface area contributed by atoms with E-state index in [-0.39, 0.29) is 0 Å². The van der Waals surface area contributed by atoms with Gasteiger partial charge in [0.25, 0.3) is 5.91 Å². The van der Waals surface area contributed by atoms with Crippen LogP contribution in [0.25, 0.3) is 0 Å². The molecule has 2 N–H and O–H groups in total. The highest BCUT2D eigenvalue weighted by Crippen LogP contribution is 2.23. The molecule has 0 aromatic heterocycles. The van der Waals surface area contributed by atoms with Crippen molar-refractivity contribution in [2.75, 3.05) is 11.9 Å². The Morgan fingerprint density at radius 2 is 1.78 bits per heavy atom. The van der Waals surface area contributed by atoms with E-state index in [1.165, 1.54) is 11.8 Å². The first-order valence-electron chi connectivity index (χ1n) is 8.41. The average Bonchev–Trinajstić information content (AvgIpc) is 2.62. The zero-order valence-electron chi connectivity index (χ0n) is 15.4. The maximum Gasteiger partial charge on any atom is 0.325 e. The fourth-order valence-corrected chi connectivity index (χ4v) is 3.16. The van der Waals surface area contributed by atoms with Crippen molar-refractivity contribution < 1.29 is 19.1 Å². The minimum Gasteiger partial charge on any atom is -0.455 e. The summed E-state index contributed by atoms with van der Waals surface area (Å²) in [5.74, 6) is -1.21. The van der Waals surface area contributed by atoms with Crippen LogP contribution in [0.4, 0.5) is 10.5 Å². The molecule has 2 aromatic carbocycles. The maximum absolute atomic E-state index is 12.0. The molecular formula is C20H22N2O4S. The molecule has 1 atom stereocenters. The van der Waals surface area contributed by atoms with Gasteiger partial charge in [-0.05, 0) is 44.5 Å². The van der Waals surface area contributed by atoms with Gasteiger partial charge in [0.15, 0.2) is 6.61 Å². The first-order chi connectivity index (χ1) is 12.8. The monoisotopic (exact) mass is 386 g/mol. The van der Waals surface area contributed by atoms with Crippen molar-refractivity contribution in [3.8, 4) is 0 Å². The van der Waals surface area contributed by atoms with Crippen LogP contribution in [-0.4, -0.2) is 29.8 Å². The van der Waals surface area contributed by atoms with E-state index in [1.54, 1.807) is 13.0 Å². The molecule has 0 fully saturated rings. The van der Waals surface area contributed by atoms with Gasteiger partial charge in [0.05, 0.1) is 0 Å². The van der Waals surface area contributed by atoms with E-state index in [2.05, 4.69) is 10.6 Å². The van der Waals surface area contributed by atoms with Gasteiger partial charge >= 0.3 is 12.0 Å². The molecule has 0 aliphatic heterocycles. The van der Waals surface area contributed by atoms with Gasteiger partial charge in [-0.15, -0.1) is 11.8 Å². The largest absolute Gasteiger partial charge is 0.455 e. The van der Waals surface area contributed by atoms with Crippen LogP contribution in [0.5, 0.6) is 0 Å². The van der Waals surface area contributed by atoms with Crippen LogP contribution in [0.2, 0.25) is 0 Å². The SMILES string of the molecule is Cc1ccc(NC(=O)NC(=O)COC(=O)[C@@H](C)Sc2ccccc2)c(C)c1. The van der Waals surface area contributed by atoms with Crippen molar-refractivity contribution in [1.82, 2.24) is 5.32 Å². The van der Waals surface area contributed by atoms with Crippen LogP contribution in [0.3, 0.4) is 0 Å². The highest BCUT2D eigenvalue weighted by atomic mass is 32.2. The fourth-order valence-electron chi connectivity index (χ4n) is 2.28. The molecule has 2 rings (SSSR count). The molecule has 0 radical (unpaired) electrons. The Hall–Kier alpha value is -2.80. The Bertz CT molecular complexity index is 824. The Balaban J connectivity index is 1.76. The van der Waals surface area contributed by atoms with Gasteiger partial charge in [0.1, 0.15) is 5.25 Å². The van der Waals surface area contributed by atoms with Gasteiger partial charge in [-0.2, -0.15) is 0 Å². The topological polar surface area (TPSA) is 84.5 Å². The second-order valence-corrected chi connectivity index (χ2v) is 7.42. The van der Waals surface area contributed by atoms with E-state index in [1.807, 2.05) is 56.3 Å². The predicted molar refractivity (Wildman–Crippen MR) is 106 cm³/mol. The molecule has 3 amide bonds. The summed E-state index contributed by atoms with van der Waals surface area (Å²) in [4.78, 5) is 36.6. The van der Waals surface area contributed by atoms with Gasteiger partial charge in [0.2, 0.25) is 0 Å². The number of urea groups is 1. The number of aryl methyl sites for hydroxylation is 2. The van der Waals surface area contributed by atoms with Crippen LogP contribution in [0, 0.1) is 13.8 Å². The normalized spacial score (nSPS) is 11.4. The minimum absolute atomic E-state index is 0.468. The van der Waals surface area contributed by atoms with Crippen molar-refractivity contribution >= 4 is 35.4 Å². The zero-order valence-corrected chi connectivity index (χ0v) is 16.3. The minimum atomic E-state index is -0.692. The molecular weight excluding hydrogens is 364 g/mol. The molecule has 0 bridgehead atoms. The van der Waals surface area contributed by atoms with Gasteiger partial charge < -0.3 is 10.1 Å². The van der Waals surface area contributed by atoms with Crippen LogP contribution < -0.4 is 10.6 Å². The third-order valence-corrected chi connectivity index (χ3v) is 4.71. The summed E-state index contributed by atoms with van der Waals surface area (Å²) >= 11 is 1.34. The summed E-state index contributed by atoms with van der Waals surface area (Å²) in [6.07, 6.45) is 0. The maximum atomic E-state index is 12.0. The number of hydrogen-bond donors (Lipinski definition) is 2. The predicted octanol–water partition coefficient (Wildman–Crippen LogP) is 3.68. The van der Waals surface area contributed by atoms with E-state index >= 15 is 0 Å². The average molecular weight is 386 g/mol. The first kappa shape index (κ1) is 20.5. The van der Waals surface area contributed by atoms with Gasteiger partial charge in [-0.25, -0.2) is 4.79 Å². The molecule has 0 heterocycles. The van der Waals surface area contributed by atoms with Crippen molar-refractivity contribution in [1.29, 1.82) is 0 Å². The summed E-state index contributed by atoms with van der Waals surface area (Å²) in [6.45, 7) is 4.99. The lowest BCUT2D eigenvalue weighted by Crippen LogP contribution is -2.37. The Morgan fingerprint density at radius 3 is 2.44 bits per heavy atom.